The second-order valence-corrected chi connectivity index (χ2v) is 18.8. The van der Waals surface area contributed by atoms with Gasteiger partial charge in [-0.05, 0) is 96.3 Å². The monoisotopic (exact) mass is 995 g/mol. The number of esters is 3. The lowest BCUT2D eigenvalue weighted by atomic mass is 10.0. The summed E-state index contributed by atoms with van der Waals surface area (Å²) in [5, 5.41) is 0. The fraction of sp³-hybridized carbons (Fsp3) is 0.621. The van der Waals surface area contributed by atoms with Crippen LogP contribution in [0.1, 0.15) is 245 Å². The Labute approximate surface area is 443 Å². The van der Waals surface area contributed by atoms with Crippen molar-refractivity contribution in [3.63, 3.8) is 0 Å². The molecule has 1 atom stereocenters. The van der Waals surface area contributed by atoms with E-state index in [0.717, 1.165) is 116 Å². The number of allylic oxidation sites excluding steroid dienone is 21. The molecular weight excluding hydrogens is 889 g/mol. The fourth-order valence-corrected chi connectivity index (χ4v) is 7.64. The van der Waals surface area contributed by atoms with Crippen LogP contribution in [0.5, 0.6) is 0 Å². The van der Waals surface area contributed by atoms with Crippen molar-refractivity contribution in [3.05, 3.63) is 134 Å². The number of carbonyl (C=O) groups is 3. The van der Waals surface area contributed by atoms with Gasteiger partial charge in [-0.2, -0.15) is 0 Å². The molecule has 0 spiro atoms. The van der Waals surface area contributed by atoms with Crippen molar-refractivity contribution < 1.29 is 28.6 Å². The van der Waals surface area contributed by atoms with Crippen molar-refractivity contribution in [2.45, 2.75) is 252 Å². The molecule has 72 heavy (non-hydrogen) atoms. The van der Waals surface area contributed by atoms with E-state index in [1.807, 2.05) is 6.08 Å². The highest BCUT2D eigenvalue weighted by molar-refractivity contribution is 5.72. The summed E-state index contributed by atoms with van der Waals surface area (Å²) < 4.78 is 16.7. The molecule has 0 bridgehead atoms. The van der Waals surface area contributed by atoms with Gasteiger partial charge in [0.1, 0.15) is 13.2 Å². The molecule has 0 heterocycles. The third-order valence-electron chi connectivity index (χ3n) is 11.9. The molecule has 406 valence electrons. The molecule has 0 amide bonds. The molecule has 0 radical (unpaired) electrons. The molecule has 0 fully saturated rings. The molecular formula is C66H106O6. The third-order valence-corrected chi connectivity index (χ3v) is 11.9. The third kappa shape index (κ3) is 56.5. The number of carbonyl (C=O) groups excluding carboxylic acids is 3. The van der Waals surface area contributed by atoms with Crippen molar-refractivity contribution >= 4 is 17.9 Å². The van der Waals surface area contributed by atoms with Crippen molar-refractivity contribution in [2.75, 3.05) is 13.2 Å². The summed E-state index contributed by atoms with van der Waals surface area (Å²) in [6.45, 7) is 6.31. The Kier molecular flexibility index (Phi) is 55.5. The van der Waals surface area contributed by atoms with Crippen LogP contribution in [0.4, 0.5) is 0 Å². The molecule has 0 N–H and O–H groups in total. The minimum Gasteiger partial charge on any atom is -0.462 e. The molecule has 0 saturated heterocycles. The SMILES string of the molecule is CC/C=C\C/C=C\C/C=C\C/C=C\C/C=C\C/C=C\CCCCCCCCC(=O)OCC(COC(=O)CCCCCCCCCCCCCCCC)OC(=O)C/C=C\C/C=C\C/C=C\C/C=C\C/C=C\CC. The van der Waals surface area contributed by atoms with E-state index in [2.05, 4.69) is 142 Å². The molecule has 0 aromatic rings. The zero-order valence-electron chi connectivity index (χ0n) is 46.4. The van der Waals surface area contributed by atoms with E-state index in [1.165, 1.54) is 83.5 Å². The molecule has 6 nitrogen and oxygen atoms in total. The van der Waals surface area contributed by atoms with Gasteiger partial charge in [-0.15, -0.1) is 0 Å². The minimum atomic E-state index is -0.842. The Morgan fingerprint density at radius 2 is 0.583 bits per heavy atom. The van der Waals surface area contributed by atoms with E-state index in [4.69, 9.17) is 14.2 Å². The summed E-state index contributed by atoms with van der Waals surface area (Å²) in [5.41, 5.74) is 0. The predicted octanol–water partition coefficient (Wildman–Crippen LogP) is 19.8. The highest BCUT2D eigenvalue weighted by Gasteiger charge is 2.19. The van der Waals surface area contributed by atoms with Crippen LogP contribution in [0.2, 0.25) is 0 Å². The first-order valence-corrected chi connectivity index (χ1v) is 29.2. The van der Waals surface area contributed by atoms with Gasteiger partial charge in [0.25, 0.3) is 0 Å². The van der Waals surface area contributed by atoms with Crippen molar-refractivity contribution in [3.8, 4) is 0 Å². The van der Waals surface area contributed by atoms with Gasteiger partial charge in [-0.25, -0.2) is 0 Å². The first kappa shape index (κ1) is 67.5. The van der Waals surface area contributed by atoms with E-state index in [0.29, 0.717) is 19.3 Å². The smallest absolute Gasteiger partial charge is 0.310 e. The van der Waals surface area contributed by atoms with Gasteiger partial charge in [0.15, 0.2) is 6.10 Å². The van der Waals surface area contributed by atoms with Crippen LogP contribution < -0.4 is 0 Å². The summed E-state index contributed by atoms with van der Waals surface area (Å²) in [6.07, 6.45) is 83.3. The predicted molar refractivity (Wildman–Crippen MR) is 311 cm³/mol. The highest BCUT2D eigenvalue weighted by Crippen LogP contribution is 2.15. The Hall–Kier alpha value is -4.45. The van der Waals surface area contributed by atoms with Gasteiger partial charge >= 0.3 is 17.9 Å². The maximum atomic E-state index is 12.8. The average Bonchev–Trinajstić information content (AvgIpc) is 3.38. The first-order chi connectivity index (χ1) is 35.5. The van der Waals surface area contributed by atoms with Crippen molar-refractivity contribution in [1.82, 2.24) is 0 Å². The number of unbranched alkanes of at least 4 members (excludes halogenated alkanes) is 19. The topological polar surface area (TPSA) is 78.9 Å². The van der Waals surface area contributed by atoms with E-state index >= 15 is 0 Å². The van der Waals surface area contributed by atoms with Gasteiger partial charge in [0.05, 0.1) is 6.42 Å². The average molecular weight is 996 g/mol. The van der Waals surface area contributed by atoms with Crippen LogP contribution in [-0.4, -0.2) is 37.2 Å². The zero-order chi connectivity index (χ0) is 52.2. The Morgan fingerprint density at radius 1 is 0.306 bits per heavy atom. The van der Waals surface area contributed by atoms with Crippen LogP contribution in [0.15, 0.2) is 134 Å². The van der Waals surface area contributed by atoms with E-state index in [1.54, 1.807) is 6.08 Å². The highest BCUT2D eigenvalue weighted by atomic mass is 16.6. The number of rotatable bonds is 51. The number of hydrogen-bond acceptors (Lipinski definition) is 6. The Balaban J connectivity index is 4.47. The molecule has 6 heteroatoms. The Morgan fingerprint density at radius 3 is 0.917 bits per heavy atom. The molecule has 1 unspecified atom stereocenters. The van der Waals surface area contributed by atoms with Gasteiger partial charge in [0.2, 0.25) is 0 Å². The molecule has 0 aliphatic carbocycles. The minimum absolute atomic E-state index is 0.0896. The lowest BCUT2D eigenvalue weighted by Crippen LogP contribution is -2.30. The van der Waals surface area contributed by atoms with Crippen LogP contribution >= 0.6 is 0 Å². The summed E-state index contributed by atoms with van der Waals surface area (Å²) in [5.74, 6) is -1.07. The number of ether oxygens (including phenoxy) is 3. The van der Waals surface area contributed by atoms with Crippen molar-refractivity contribution in [2.24, 2.45) is 0 Å². The van der Waals surface area contributed by atoms with Crippen molar-refractivity contribution in [1.29, 1.82) is 0 Å². The number of hydrogen-bond donors (Lipinski definition) is 0. The second-order valence-electron chi connectivity index (χ2n) is 18.8. The lowest BCUT2D eigenvalue weighted by Gasteiger charge is -2.18. The molecule has 0 saturated carbocycles. The fourth-order valence-electron chi connectivity index (χ4n) is 7.64. The molecule has 0 aliphatic rings. The maximum absolute atomic E-state index is 12.8. The summed E-state index contributed by atoms with van der Waals surface area (Å²) in [4.78, 5) is 38.1. The van der Waals surface area contributed by atoms with E-state index < -0.39 is 12.1 Å². The lowest BCUT2D eigenvalue weighted by molar-refractivity contribution is -0.166. The Bertz CT molecular complexity index is 1560. The first-order valence-electron chi connectivity index (χ1n) is 29.2. The van der Waals surface area contributed by atoms with Gasteiger partial charge in [0, 0.05) is 12.8 Å². The molecule has 0 rings (SSSR count). The maximum Gasteiger partial charge on any atom is 0.310 e. The zero-order valence-corrected chi connectivity index (χ0v) is 46.4. The normalized spacial score (nSPS) is 13.1. The second kappa shape index (κ2) is 59.1. The summed E-state index contributed by atoms with van der Waals surface area (Å²) in [6, 6.07) is 0. The van der Waals surface area contributed by atoms with Gasteiger partial charge in [-0.3, -0.25) is 14.4 Å². The standard InChI is InChI=1S/C66H106O6/c1-4-7-10-13-16-19-22-25-28-29-30-31-32-33-34-35-36-37-39-41-44-47-50-53-56-59-65(68)71-62-63(61-70-64(67)58-55-52-49-46-43-40-27-24-21-18-15-12-9-6-3)72-66(69)60-57-54-51-48-45-42-38-26-23-20-17-14-11-8-5-2/h7-8,10-11,16-17,19-20,25-26,28,30-31,33-34,36-38,45,48,54,57,63H,4-6,9,12-15,18,21-24,27,29,32,35,39-44,46-47,49-53,55-56,58-62H2,1-3H3/b10-7-,11-8-,19-16-,20-17-,28-25-,31-30-,34-33-,37-36-,38-26-,48-45-,57-54-. The van der Waals surface area contributed by atoms with Gasteiger partial charge < -0.3 is 14.2 Å². The van der Waals surface area contributed by atoms with Crippen LogP contribution in [0.3, 0.4) is 0 Å². The summed E-state index contributed by atoms with van der Waals surface area (Å²) >= 11 is 0. The van der Waals surface area contributed by atoms with E-state index in [-0.39, 0.29) is 31.6 Å². The van der Waals surface area contributed by atoms with E-state index in [9.17, 15) is 14.4 Å². The molecule has 0 aromatic heterocycles. The quantitative estimate of drug-likeness (QED) is 0.0261. The largest absolute Gasteiger partial charge is 0.462 e. The van der Waals surface area contributed by atoms with Crippen LogP contribution in [-0.2, 0) is 28.6 Å². The van der Waals surface area contributed by atoms with Crippen LogP contribution in [0, 0.1) is 0 Å². The molecule has 0 aliphatic heterocycles. The molecule has 0 aromatic carbocycles. The van der Waals surface area contributed by atoms with Gasteiger partial charge in [-0.1, -0.05) is 264 Å². The van der Waals surface area contributed by atoms with Crippen LogP contribution in [0.25, 0.3) is 0 Å². The summed E-state index contributed by atoms with van der Waals surface area (Å²) in [7, 11) is 0.